The molecule has 0 unspecified atom stereocenters. The van der Waals surface area contributed by atoms with Gasteiger partial charge in [-0.3, -0.25) is 0 Å². The number of hydrogen-bond acceptors (Lipinski definition) is 3. The summed E-state index contributed by atoms with van der Waals surface area (Å²) in [6.07, 6.45) is 2.85. The molecule has 0 saturated heterocycles. The molecular formula is C13H20N2O2S. The molecule has 0 spiro atoms. The first-order valence-electron chi connectivity index (χ1n) is 6.02. The Kier molecular flexibility index (Phi) is 6.60. The molecule has 2 amide bonds. The molecule has 4 nitrogen and oxygen atoms in total. The SMILES string of the molecule is CCCN(CCO)C(=O)Nc1ccccc1SC. The van der Waals surface area contributed by atoms with Crippen LogP contribution in [0.1, 0.15) is 13.3 Å². The van der Waals surface area contributed by atoms with Crippen LogP contribution in [0.2, 0.25) is 0 Å². The average molecular weight is 268 g/mol. The van der Waals surface area contributed by atoms with Crippen LogP contribution in [0, 0.1) is 0 Å². The fourth-order valence-electron chi connectivity index (χ4n) is 1.65. The number of aliphatic hydroxyl groups is 1. The standard InChI is InChI=1S/C13H20N2O2S/c1-3-8-15(9-10-16)13(17)14-11-6-4-5-7-12(11)18-2/h4-7,16H,3,8-10H2,1-2H3,(H,14,17). The third-order valence-electron chi connectivity index (χ3n) is 2.50. The van der Waals surface area contributed by atoms with Gasteiger partial charge in [0.15, 0.2) is 0 Å². The van der Waals surface area contributed by atoms with Gasteiger partial charge in [0, 0.05) is 18.0 Å². The van der Waals surface area contributed by atoms with E-state index in [1.165, 1.54) is 0 Å². The first kappa shape index (κ1) is 14.9. The number of urea groups is 1. The molecule has 0 aliphatic carbocycles. The molecule has 1 aromatic rings. The maximum atomic E-state index is 12.1. The van der Waals surface area contributed by atoms with Crippen molar-refractivity contribution >= 4 is 23.5 Å². The van der Waals surface area contributed by atoms with E-state index in [1.54, 1.807) is 16.7 Å². The van der Waals surface area contributed by atoms with Gasteiger partial charge >= 0.3 is 6.03 Å². The number of anilines is 1. The fourth-order valence-corrected chi connectivity index (χ4v) is 2.20. The number of aliphatic hydroxyl groups excluding tert-OH is 1. The molecule has 0 bridgehead atoms. The Hall–Kier alpha value is -1.20. The number of amides is 2. The van der Waals surface area contributed by atoms with Crippen molar-refractivity contribution in [1.29, 1.82) is 0 Å². The van der Waals surface area contributed by atoms with Crippen molar-refractivity contribution in [2.45, 2.75) is 18.2 Å². The van der Waals surface area contributed by atoms with Crippen LogP contribution in [0.15, 0.2) is 29.2 Å². The zero-order chi connectivity index (χ0) is 13.4. The summed E-state index contributed by atoms with van der Waals surface area (Å²) in [7, 11) is 0. The van der Waals surface area contributed by atoms with E-state index in [1.807, 2.05) is 37.4 Å². The van der Waals surface area contributed by atoms with Crippen LogP contribution in [0.25, 0.3) is 0 Å². The molecule has 1 rings (SSSR count). The minimum atomic E-state index is -0.160. The van der Waals surface area contributed by atoms with Crippen molar-refractivity contribution in [1.82, 2.24) is 4.90 Å². The van der Waals surface area contributed by atoms with E-state index in [0.717, 1.165) is 17.0 Å². The second kappa shape index (κ2) is 8.00. The zero-order valence-electron chi connectivity index (χ0n) is 10.8. The highest BCUT2D eigenvalue weighted by atomic mass is 32.2. The number of hydrogen-bond donors (Lipinski definition) is 2. The molecule has 100 valence electrons. The van der Waals surface area contributed by atoms with Crippen LogP contribution in [0.5, 0.6) is 0 Å². The number of thioether (sulfide) groups is 1. The van der Waals surface area contributed by atoms with Gasteiger partial charge in [0.05, 0.1) is 12.3 Å². The number of carbonyl (C=O) groups is 1. The second-order valence-electron chi connectivity index (χ2n) is 3.84. The number of benzene rings is 1. The smallest absolute Gasteiger partial charge is 0.321 e. The minimum absolute atomic E-state index is 0.0163. The summed E-state index contributed by atoms with van der Waals surface area (Å²) in [6, 6.07) is 7.53. The van der Waals surface area contributed by atoms with Crippen molar-refractivity contribution in [3.8, 4) is 0 Å². The van der Waals surface area contributed by atoms with Gasteiger partial charge in [0.25, 0.3) is 0 Å². The Morgan fingerprint density at radius 3 is 2.72 bits per heavy atom. The van der Waals surface area contributed by atoms with Crippen LogP contribution in [-0.4, -0.2) is 42.0 Å². The van der Waals surface area contributed by atoms with Gasteiger partial charge < -0.3 is 15.3 Å². The van der Waals surface area contributed by atoms with Crippen LogP contribution in [0.3, 0.4) is 0 Å². The molecule has 0 aliphatic rings. The normalized spacial score (nSPS) is 10.2. The highest BCUT2D eigenvalue weighted by Gasteiger charge is 2.13. The van der Waals surface area contributed by atoms with Gasteiger partial charge in [-0.1, -0.05) is 19.1 Å². The van der Waals surface area contributed by atoms with Crippen molar-refractivity contribution in [2.24, 2.45) is 0 Å². The van der Waals surface area contributed by atoms with E-state index >= 15 is 0 Å². The monoisotopic (exact) mass is 268 g/mol. The van der Waals surface area contributed by atoms with Gasteiger partial charge in [-0.05, 0) is 24.8 Å². The highest BCUT2D eigenvalue weighted by molar-refractivity contribution is 7.98. The molecule has 0 aromatic heterocycles. The van der Waals surface area contributed by atoms with Crippen LogP contribution in [-0.2, 0) is 0 Å². The molecule has 1 aromatic carbocycles. The minimum Gasteiger partial charge on any atom is -0.395 e. The summed E-state index contributed by atoms with van der Waals surface area (Å²) >= 11 is 1.59. The van der Waals surface area contributed by atoms with Gasteiger partial charge in [-0.15, -0.1) is 11.8 Å². The lowest BCUT2D eigenvalue weighted by atomic mass is 10.3. The number of nitrogens with one attached hydrogen (secondary N) is 1. The fraction of sp³-hybridized carbons (Fsp3) is 0.462. The van der Waals surface area contributed by atoms with Crippen molar-refractivity contribution in [3.05, 3.63) is 24.3 Å². The lowest BCUT2D eigenvalue weighted by Gasteiger charge is -2.22. The highest BCUT2D eigenvalue weighted by Crippen LogP contribution is 2.24. The summed E-state index contributed by atoms with van der Waals surface area (Å²) in [6.45, 7) is 3.00. The summed E-state index contributed by atoms with van der Waals surface area (Å²) in [5.74, 6) is 0. The Bertz CT molecular complexity index is 379. The first-order chi connectivity index (χ1) is 8.72. The summed E-state index contributed by atoms with van der Waals surface area (Å²) in [5, 5.41) is 11.8. The molecule has 18 heavy (non-hydrogen) atoms. The van der Waals surface area contributed by atoms with Gasteiger partial charge in [-0.25, -0.2) is 4.79 Å². The molecule has 5 heteroatoms. The van der Waals surface area contributed by atoms with Crippen molar-refractivity contribution in [3.63, 3.8) is 0 Å². The van der Waals surface area contributed by atoms with Gasteiger partial charge in [-0.2, -0.15) is 0 Å². The predicted molar refractivity (Wildman–Crippen MR) is 76.2 cm³/mol. The zero-order valence-corrected chi connectivity index (χ0v) is 11.7. The maximum absolute atomic E-state index is 12.1. The Morgan fingerprint density at radius 1 is 1.39 bits per heavy atom. The quantitative estimate of drug-likeness (QED) is 0.780. The second-order valence-corrected chi connectivity index (χ2v) is 4.69. The number of carbonyl (C=O) groups excluding carboxylic acids is 1. The maximum Gasteiger partial charge on any atom is 0.321 e. The van der Waals surface area contributed by atoms with E-state index < -0.39 is 0 Å². The molecule has 0 radical (unpaired) electrons. The van der Waals surface area contributed by atoms with Gasteiger partial charge in [0.2, 0.25) is 0 Å². The van der Waals surface area contributed by atoms with Crippen LogP contribution < -0.4 is 5.32 Å². The third kappa shape index (κ3) is 4.23. The summed E-state index contributed by atoms with van der Waals surface area (Å²) in [4.78, 5) is 14.7. The predicted octanol–water partition coefficient (Wildman–Crippen LogP) is 2.64. The molecule has 0 fully saturated rings. The van der Waals surface area contributed by atoms with Crippen LogP contribution >= 0.6 is 11.8 Å². The topological polar surface area (TPSA) is 52.6 Å². The molecule has 0 atom stereocenters. The molecule has 0 heterocycles. The summed E-state index contributed by atoms with van der Waals surface area (Å²) in [5.41, 5.74) is 0.814. The van der Waals surface area contributed by atoms with E-state index in [2.05, 4.69) is 5.32 Å². The molecule has 0 saturated carbocycles. The average Bonchev–Trinajstić information content (AvgIpc) is 2.39. The lowest BCUT2D eigenvalue weighted by Crippen LogP contribution is -2.37. The molecule has 2 N–H and O–H groups in total. The van der Waals surface area contributed by atoms with Crippen LogP contribution in [0.4, 0.5) is 10.5 Å². The lowest BCUT2D eigenvalue weighted by molar-refractivity contribution is 0.188. The Morgan fingerprint density at radius 2 is 2.11 bits per heavy atom. The van der Waals surface area contributed by atoms with E-state index in [4.69, 9.17) is 5.11 Å². The first-order valence-corrected chi connectivity index (χ1v) is 7.25. The number of para-hydroxylation sites is 1. The molecular weight excluding hydrogens is 248 g/mol. The van der Waals surface area contributed by atoms with E-state index in [0.29, 0.717) is 13.1 Å². The van der Waals surface area contributed by atoms with E-state index in [9.17, 15) is 4.79 Å². The molecule has 0 aliphatic heterocycles. The number of nitrogens with zero attached hydrogens (tertiary/aromatic N) is 1. The largest absolute Gasteiger partial charge is 0.395 e. The summed E-state index contributed by atoms with van der Waals surface area (Å²) < 4.78 is 0. The van der Waals surface area contributed by atoms with Crippen molar-refractivity contribution < 1.29 is 9.90 Å². The number of rotatable bonds is 6. The van der Waals surface area contributed by atoms with Crippen molar-refractivity contribution in [2.75, 3.05) is 31.3 Å². The van der Waals surface area contributed by atoms with Gasteiger partial charge in [0.1, 0.15) is 0 Å². The Balaban J connectivity index is 2.72. The Labute approximate surface area is 112 Å². The van der Waals surface area contributed by atoms with E-state index in [-0.39, 0.29) is 12.6 Å². The third-order valence-corrected chi connectivity index (χ3v) is 3.30.